The predicted molar refractivity (Wildman–Crippen MR) is 328 cm³/mol. The zero-order valence-corrected chi connectivity index (χ0v) is 44.8. The average molecular weight is 1120 g/mol. The molecule has 0 atom stereocenters. The van der Waals surface area contributed by atoms with E-state index >= 15 is 0 Å². The third-order valence-electron chi connectivity index (χ3n) is 15.8. The van der Waals surface area contributed by atoms with Crippen molar-refractivity contribution in [2.75, 3.05) is 0 Å². The summed E-state index contributed by atoms with van der Waals surface area (Å²) in [7, 11) is 0. The van der Waals surface area contributed by atoms with Gasteiger partial charge in [0.25, 0.3) is 0 Å². The maximum absolute atomic E-state index is 5.88. The van der Waals surface area contributed by atoms with Crippen LogP contribution in [0.4, 0.5) is 0 Å². The summed E-state index contributed by atoms with van der Waals surface area (Å²) in [6, 6.07) is 92.7. The summed E-state index contributed by atoms with van der Waals surface area (Å²) < 4.78 is 13.1. The van der Waals surface area contributed by atoms with E-state index in [4.69, 9.17) is 9.98 Å². The van der Waals surface area contributed by atoms with Crippen molar-refractivity contribution in [3.05, 3.63) is 288 Å². The normalized spacial score (nSPS) is 13.1. The monoisotopic (exact) mass is 1120 g/mol. The summed E-state index contributed by atoms with van der Waals surface area (Å²) in [5, 5.41) is 9.66. The molecule has 79 heavy (non-hydrogen) atoms. The molecule has 0 amide bonds. The molecule has 1 aliphatic heterocycles. The molecule has 0 radical (unpaired) electrons. The van der Waals surface area contributed by atoms with Crippen molar-refractivity contribution < 1.29 is 21.2 Å². The van der Waals surface area contributed by atoms with Gasteiger partial charge in [-0.2, -0.15) is 0 Å². The molecule has 0 saturated carbocycles. The molecule has 16 rings (SSSR count). The Morgan fingerprint density at radius 1 is 0.304 bits per heavy atom. The Morgan fingerprint density at radius 2 is 0.595 bits per heavy atom. The van der Waals surface area contributed by atoms with Gasteiger partial charge in [0.05, 0.1) is 0 Å². The van der Waals surface area contributed by atoms with Gasteiger partial charge in [-0.05, 0) is 0 Å². The molecule has 1 aliphatic rings. The van der Waals surface area contributed by atoms with E-state index in [-0.39, 0.29) is 0 Å². The van der Waals surface area contributed by atoms with E-state index in [1.807, 2.05) is 6.08 Å². The van der Waals surface area contributed by atoms with Gasteiger partial charge in [-0.15, -0.1) is 0 Å². The second-order valence-corrected chi connectivity index (χ2v) is 22.5. The van der Waals surface area contributed by atoms with E-state index in [9.17, 15) is 0 Å². The fraction of sp³-hybridized carbons (Fsp3) is 0. The molecule has 0 spiro atoms. The molecule has 5 heterocycles. The minimum atomic E-state index is -0.846. The zero-order valence-electron chi connectivity index (χ0n) is 42.7. The van der Waals surface area contributed by atoms with Crippen LogP contribution in [0.15, 0.2) is 275 Å². The van der Waals surface area contributed by atoms with E-state index in [0.717, 1.165) is 98.6 Å². The quantitative estimate of drug-likeness (QED) is 0.136. The number of rotatable bonds is 8. The van der Waals surface area contributed by atoms with E-state index in [1.165, 1.54) is 43.1 Å². The third kappa shape index (κ3) is 7.23. The van der Waals surface area contributed by atoms with Gasteiger partial charge in [0.15, 0.2) is 0 Å². The molecule has 0 fully saturated rings. The molecule has 0 unspecified atom stereocenters. The number of halogens is 1. The van der Waals surface area contributed by atoms with E-state index in [2.05, 4.69) is 284 Å². The number of hydrogen-bond donors (Lipinski definition) is 0. The first-order valence-corrected chi connectivity index (χ1v) is 28.9. The molecule has 15 aromatic rings. The topological polar surface area (TPSA) is 44.4 Å². The summed E-state index contributed by atoms with van der Waals surface area (Å²) in [5.74, 6) is 0.650. The van der Waals surface area contributed by atoms with Crippen molar-refractivity contribution in [3.8, 4) is 22.7 Å². The molecule has 4 aromatic heterocycles. The predicted octanol–water partition coefficient (Wildman–Crippen LogP) is 15.0. The van der Waals surface area contributed by atoms with Crippen LogP contribution in [0.25, 0.3) is 122 Å². The second kappa shape index (κ2) is 18.2. The Balaban J connectivity index is 0.990. The van der Waals surface area contributed by atoms with Gasteiger partial charge < -0.3 is 0 Å². The summed E-state index contributed by atoms with van der Waals surface area (Å²) >= 11 is -0.846. The van der Waals surface area contributed by atoms with Gasteiger partial charge in [-0.25, -0.2) is 0 Å². The van der Waals surface area contributed by atoms with Crippen molar-refractivity contribution in [2.45, 2.75) is 0 Å². The van der Waals surface area contributed by atoms with E-state index in [1.54, 1.807) is 0 Å². The van der Waals surface area contributed by atoms with Crippen molar-refractivity contribution in [1.82, 2.24) is 18.3 Å². The minimum absolute atomic E-state index is 0.650. The molecule has 11 aromatic carbocycles. The van der Waals surface area contributed by atoms with Crippen LogP contribution in [0.2, 0.25) is 0 Å². The number of para-hydroxylation sites is 8. The molecule has 0 aliphatic carbocycles. The second-order valence-electron chi connectivity index (χ2n) is 20.2. The summed E-state index contributed by atoms with van der Waals surface area (Å²) in [6.45, 7) is 4.08. The number of amidine groups is 1. The molecule has 0 N–H and O–H groups in total. The molecule has 7 heteroatoms. The van der Waals surface area contributed by atoms with Crippen LogP contribution < -0.4 is 21.2 Å². The molecule has 372 valence electrons. The fourth-order valence-corrected chi connectivity index (χ4v) is 14.5. The summed E-state index contributed by atoms with van der Waals surface area (Å²) in [4.78, 5) is 11.6. The first kappa shape index (κ1) is 45.4. The Hall–Kier alpha value is -9.83. The Bertz CT molecular complexity index is 4660. The Kier molecular flexibility index (Phi) is 10.4. The van der Waals surface area contributed by atoms with Crippen LogP contribution in [-0.2, 0) is 0 Å². The number of hydrogen-bond acceptors (Lipinski definition) is 2. The number of nitrogens with zero attached hydrogens (tertiary/aromatic N) is 6. The third-order valence-corrected chi connectivity index (χ3v) is 18.1. The first-order valence-electron chi connectivity index (χ1n) is 26.6. The van der Waals surface area contributed by atoms with Crippen LogP contribution >= 0.6 is 0 Å². The van der Waals surface area contributed by atoms with Crippen LogP contribution in [0, 0.1) is 0 Å². The van der Waals surface area contributed by atoms with Gasteiger partial charge in [-0.1, -0.05) is 0 Å². The standard InChI is InChI=1S/C72H46IN6/c1-2-46-35-37-47(38-36-46)71-73-45-62(48-39-50(76-63-27-11-3-19-54(63)55-20-4-12-28-64(55)76)43-51(40-48)77-65-29-13-5-21-56(65)57-22-6-14-30-66(57)77)74-72(75-71)49-41-52(78-67-31-15-7-23-58(67)59-24-8-16-32-68(59)78)44-53(42-49)79-69-33-17-9-25-60(69)61-26-10-18-34-70(61)79/h2-45H,1H2/q-1. The molecular formula is C72H46IN6-. The SMILES string of the molecule is C=Cc1ccc(C2=NC(c3cc(-n4c5ccccc5c5ccccc54)cc(-n4c5ccccc5c5ccccc54)c3)=NC(c3cc(-n4c5ccccc5c5ccccc54)cc(-n4c5ccccc5c5ccccc54)c3)=C[I-]2)cc1. The van der Waals surface area contributed by atoms with Crippen LogP contribution in [-0.4, -0.2) is 27.8 Å². The molecule has 0 saturated heterocycles. The zero-order chi connectivity index (χ0) is 52.1. The van der Waals surface area contributed by atoms with Gasteiger partial charge in [0.2, 0.25) is 0 Å². The van der Waals surface area contributed by atoms with Crippen LogP contribution in [0.3, 0.4) is 0 Å². The van der Waals surface area contributed by atoms with Crippen LogP contribution in [0.5, 0.6) is 0 Å². The van der Waals surface area contributed by atoms with E-state index < -0.39 is 21.2 Å². The Labute approximate surface area is 465 Å². The number of fused-ring (bicyclic) bond motifs is 12. The fourth-order valence-electron chi connectivity index (χ4n) is 12.3. The van der Waals surface area contributed by atoms with Crippen molar-refractivity contribution in [1.29, 1.82) is 0 Å². The Morgan fingerprint density at radius 3 is 0.899 bits per heavy atom. The van der Waals surface area contributed by atoms with Crippen molar-refractivity contribution in [2.24, 2.45) is 9.98 Å². The van der Waals surface area contributed by atoms with Gasteiger partial charge in [0.1, 0.15) is 0 Å². The number of aromatic nitrogens is 4. The van der Waals surface area contributed by atoms with Gasteiger partial charge in [-0.3, -0.25) is 0 Å². The maximum atomic E-state index is 5.88. The average Bonchev–Trinajstić information content (AvgIpc) is 4.39. The number of aliphatic imine (C=N–C) groups is 2. The molecule has 6 nitrogen and oxygen atoms in total. The summed E-state index contributed by atoms with van der Waals surface area (Å²) in [6.07, 6.45) is 1.90. The first-order chi connectivity index (χ1) is 39.1. The van der Waals surface area contributed by atoms with Gasteiger partial charge >= 0.3 is 468 Å². The van der Waals surface area contributed by atoms with E-state index in [0.29, 0.717) is 5.84 Å². The summed E-state index contributed by atoms with van der Waals surface area (Å²) in [5.41, 5.74) is 18.2. The molecular weight excluding hydrogens is 1080 g/mol. The van der Waals surface area contributed by atoms with Crippen LogP contribution in [0.1, 0.15) is 22.3 Å². The van der Waals surface area contributed by atoms with Gasteiger partial charge in [0, 0.05) is 0 Å². The van der Waals surface area contributed by atoms with Crippen molar-refractivity contribution >= 4 is 109 Å². The van der Waals surface area contributed by atoms with Crippen molar-refractivity contribution in [3.63, 3.8) is 0 Å². The molecule has 0 bridgehead atoms. The number of benzene rings is 11.